The highest BCUT2D eigenvalue weighted by molar-refractivity contribution is 5.91. The minimum Gasteiger partial charge on any atom is -0.436 e. The summed E-state index contributed by atoms with van der Waals surface area (Å²) in [6, 6.07) is 37.8. The summed E-state index contributed by atoms with van der Waals surface area (Å²) >= 11 is 0. The van der Waals surface area contributed by atoms with Gasteiger partial charge in [-0.2, -0.15) is 13.2 Å². The second kappa shape index (κ2) is 10.00. The van der Waals surface area contributed by atoms with Gasteiger partial charge in [0, 0.05) is 11.6 Å². The molecule has 0 aliphatic rings. The molecule has 0 N–H and O–H groups in total. The Balaban J connectivity index is 1.11. The molecule has 0 saturated carbocycles. The number of rotatable bonds is 4. The van der Waals surface area contributed by atoms with Crippen LogP contribution in [0.15, 0.2) is 132 Å². The van der Waals surface area contributed by atoms with Crippen molar-refractivity contribution in [1.29, 1.82) is 0 Å². The van der Waals surface area contributed by atoms with Crippen LogP contribution in [0.5, 0.6) is 0 Å². The van der Waals surface area contributed by atoms with E-state index < -0.39 is 11.7 Å². The Hall–Kier alpha value is -5.23. The number of oxazole rings is 1. The third-order valence-corrected chi connectivity index (χ3v) is 7.42. The van der Waals surface area contributed by atoms with E-state index in [1.807, 2.05) is 48.5 Å². The number of fused-ring (bicyclic) bond motifs is 2. The maximum atomic E-state index is 13.5. The molecule has 42 heavy (non-hydrogen) atoms. The molecule has 0 bridgehead atoms. The van der Waals surface area contributed by atoms with Gasteiger partial charge in [-0.1, -0.05) is 72.8 Å². The number of benzene rings is 6. The molecule has 0 spiro atoms. The highest BCUT2D eigenvalue weighted by Gasteiger charge is 2.30. The molecule has 0 aliphatic carbocycles. The Morgan fingerprint density at radius 1 is 0.476 bits per heavy atom. The molecule has 7 rings (SSSR count). The van der Waals surface area contributed by atoms with E-state index in [0.717, 1.165) is 61.8 Å². The SMILES string of the molecule is Fc1ccc2nc(-c3ccc(-c4ccc5cc(-c6ccc(-c7ccc(C(F)(F)F)cc7)cc6)ccc5c4)cc3)oc2c1. The highest BCUT2D eigenvalue weighted by Crippen LogP contribution is 2.33. The van der Waals surface area contributed by atoms with Crippen molar-refractivity contribution >= 4 is 21.9 Å². The van der Waals surface area contributed by atoms with Crippen molar-refractivity contribution in [3.8, 4) is 44.8 Å². The summed E-state index contributed by atoms with van der Waals surface area (Å²) < 4.78 is 57.9. The third kappa shape index (κ3) is 4.92. The first kappa shape index (κ1) is 25.7. The van der Waals surface area contributed by atoms with Gasteiger partial charge >= 0.3 is 6.18 Å². The molecule has 7 aromatic rings. The maximum absolute atomic E-state index is 13.5. The lowest BCUT2D eigenvalue weighted by Gasteiger charge is -2.10. The van der Waals surface area contributed by atoms with E-state index in [4.69, 9.17) is 4.42 Å². The van der Waals surface area contributed by atoms with Crippen molar-refractivity contribution < 1.29 is 22.0 Å². The van der Waals surface area contributed by atoms with Gasteiger partial charge in [0.05, 0.1) is 5.56 Å². The molecule has 0 amide bonds. The molecular weight excluding hydrogens is 538 g/mol. The highest BCUT2D eigenvalue weighted by atomic mass is 19.4. The van der Waals surface area contributed by atoms with Gasteiger partial charge in [0.25, 0.3) is 0 Å². The van der Waals surface area contributed by atoms with Crippen LogP contribution in [0.4, 0.5) is 17.6 Å². The topological polar surface area (TPSA) is 26.0 Å². The smallest absolute Gasteiger partial charge is 0.416 e. The van der Waals surface area contributed by atoms with Gasteiger partial charge in [-0.05, 0) is 92.7 Å². The van der Waals surface area contributed by atoms with Gasteiger partial charge in [0.15, 0.2) is 5.58 Å². The van der Waals surface area contributed by atoms with Gasteiger partial charge in [0.1, 0.15) is 11.3 Å². The molecule has 6 heteroatoms. The molecule has 1 aromatic heterocycles. The minimum absolute atomic E-state index is 0.362. The van der Waals surface area contributed by atoms with Crippen molar-refractivity contribution in [2.24, 2.45) is 0 Å². The fourth-order valence-corrected chi connectivity index (χ4v) is 5.14. The van der Waals surface area contributed by atoms with Crippen LogP contribution >= 0.6 is 0 Å². The van der Waals surface area contributed by atoms with Crippen LogP contribution < -0.4 is 0 Å². The molecule has 0 saturated heterocycles. The number of halogens is 4. The molecule has 2 nitrogen and oxygen atoms in total. The van der Waals surface area contributed by atoms with E-state index in [1.54, 1.807) is 6.07 Å². The van der Waals surface area contributed by atoms with Gasteiger partial charge in [0.2, 0.25) is 5.89 Å². The lowest BCUT2D eigenvalue weighted by Crippen LogP contribution is -2.03. The minimum atomic E-state index is -4.35. The summed E-state index contributed by atoms with van der Waals surface area (Å²) in [6.45, 7) is 0. The molecule has 1 heterocycles. The number of hydrogen-bond donors (Lipinski definition) is 0. The summed E-state index contributed by atoms with van der Waals surface area (Å²) in [4.78, 5) is 4.46. The Morgan fingerprint density at radius 2 is 0.929 bits per heavy atom. The van der Waals surface area contributed by atoms with E-state index in [0.29, 0.717) is 17.0 Å². The van der Waals surface area contributed by atoms with E-state index >= 15 is 0 Å². The van der Waals surface area contributed by atoms with Crippen LogP contribution in [-0.4, -0.2) is 4.98 Å². The average Bonchev–Trinajstić information content (AvgIpc) is 3.44. The van der Waals surface area contributed by atoms with E-state index in [2.05, 4.69) is 41.4 Å². The molecular formula is C36H21F4NO. The van der Waals surface area contributed by atoms with Crippen LogP contribution in [-0.2, 0) is 6.18 Å². The van der Waals surface area contributed by atoms with Gasteiger partial charge < -0.3 is 4.42 Å². The standard InChI is InChI=1S/C36H21F4NO/c37-32-17-18-33-34(21-32)42-35(41-33)26-7-5-25(6-8-26)28-10-12-29-19-27(9-11-30(29)20-28)24-3-1-22(2-4-24)23-13-15-31(16-14-23)36(38,39)40/h1-21H. The van der Waals surface area contributed by atoms with E-state index in [9.17, 15) is 17.6 Å². The summed E-state index contributed by atoms with van der Waals surface area (Å²) in [5.74, 6) is 0.0825. The quantitative estimate of drug-likeness (QED) is 0.201. The summed E-state index contributed by atoms with van der Waals surface area (Å²) in [6.07, 6.45) is -4.35. The molecule has 0 unspecified atom stereocenters. The van der Waals surface area contributed by atoms with Crippen LogP contribution in [0.25, 0.3) is 66.7 Å². The second-order valence-corrected chi connectivity index (χ2v) is 10.1. The molecule has 0 atom stereocenters. The maximum Gasteiger partial charge on any atom is 0.416 e. The largest absolute Gasteiger partial charge is 0.436 e. The van der Waals surface area contributed by atoms with Crippen LogP contribution in [0.3, 0.4) is 0 Å². The fraction of sp³-hybridized carbons (Fsp3) is 0.0278. The zero-order valence-electron chi connectivity index (χ0n) is 22.0. The predicted octanol–water partition coefficient (Wildman–Crippen LogP) is 10.8. The number of nitrogens with zero attached hydrogens (tertiary/aromatic N) is 1. The third-order valence-electron chi connectivity index (χ3n) is 7.42. The first-order valence-electron chi connectivity index (χ1n) is 13.3. The van der Waals surface area contributed by atoms with Crippen molar-refractivity contribution in [3.05, 3.63) is 139 Å². The number of alkyl halides is 3. The van der Waals surface area contributed by atoms with E-state index in [-0.39, 0.29) is 5.82 Å². The van der Waals surface area contributed by atoms with Gasteiger partial charge in [-0.15, -0.1) is 0 Å². The average molecular weight is 560 g/mol. The second-order valence-electron chi connectivity index (χ2n) is 10.1. The first-order valence-corrected chi connectivity index (χ1v) is 13.3. The van der Waals surface area contributed by atoms with Crippen molar-refractivity contribution in [1.82, 2.24) is 4.98 Å². The monoisotopic (exact) mass is 559 g/mol. The van der Waals surface area contributed by atoms with E-state index in [1.165, 1.54) is 24.3 Å². The predicted molar refractivity (Wildman–Crippen MR) is 158 cm³/mol. The first-order chi connectivity index (χ1) is 20.3. The lowest BCUT2D eigenvalue weighted by atomic mass is 9.96. The Kier molecular flexibility index (Phi) is 6.12. The molecule has 0 radical (unpaired) electrons. The molecule has 0 fully saturated rings. The lowest BCUT2D eigenvalue weighted by molar-refractivity contribution is -0.137. The summed E-state index contributed by atoms with van der Waals surface area (Å²) in [5, 5.41) is 2.20. The summed E-state index contributed by atoms with van der Waals surface area (Å²) in [5.41, 5.74) is 6.96. The van der Waals surface area contributed by atoms with Gasteiger partial charge in [-0.3, -0.25) is 0 Å². The van der Waals surface area contributed by atoms with Gasteiger partial charge in [-0.25, -0.2) is 9.37 Å². The Morgan fingerprint density at radius 3 is 1.45 bits per heavy atom. The molecule has 6 aromatic carbocycles. The van der Waals surface area contributed by atoms with Crippen LogP contribution in [0, 0.1) is 5.82 Å². The van der Waals surface area contributed by atoms with Crippen LogP contribution in [0.2, 0.25) is 0 Å². The Bertz CT molecular complexity index is 2060. The van der Waals surface area contributed by atoms with Crippen molar-refractivity contribution in [3.63, 3.8) is 0 Å². The number of aromatic nitrogens is 1. The zero-order chi connectivity index (χ0) is 28.8. The van der Waals surface area contributed by atoms with Crippen molar-refractivity contribution in [2.75, 3.05) is 0 Å². The zero-order valence-corrected chi connectivity index (χ0v) is 22.0. The van der Waals surface area contributed by atoms with Crippen LogP contribution in [0.1, 0.15) is 5.56 Å². The fourth-order valence-electron chi connectivity index (χ4n) is 5.14. The summed E-state index contributed by atoms with van der Waals surface area (Å²) in [7, 11) is 0. The number of hydrogen-bond acceptors (Lipinski definition) is 2. The molecule has 204 valence electrons. The van der Waals surface area contributed by atoms with Crippen molar-refractivity contribution in [2.45, 2.75) is 6.18 Å². The molecule has 0 aliphatic heterocycles. The normalized spacial score (nSPS) is 11.8. The Labute approximate surface area is 238 Å².